The number of hydrogen-bond acceptors (Lipinski definition) is 2. The molecule has 1 aliphatic heterocycles. The number of carbonyl (C=O) groups excluding carboxylic acids is 2. The summed E-state index contributed by atoms with van der Waals surface area (Å²) in [6.45, 7) is 9.21. The second-order valence-corrected chi connectivity index (χ2v) is 7.00. The Morgan fingerprint density at radius 3 is 2.52 bits per heavy atom. The molecular formula is C17H26N2O2. The lowest BCUT2D eigenvalue weighted by atomic mass is 9.85. The van der Waals surface area contributed by atoms with Crippen LogP contribution in [0.1, 0.15) is 54.9 Å². The second kappa shape index (κ2) is 5.66. The van der Waals surface area contributed by atoms with E-state index in [1.807, 2.05) is 31.5 Å². The maximum atomic E-state index is 12.5. The highest BCUT2D eigenvalue weighted by Crippen LogP contribution is 2.30. The van der Waals surface area contributed by atoms with Gasteiger partial charge in [0.1, 0.15) is 0 Å². The van der Waals surface area contributed by atoms with E-state index in [4.69, 9.17) is 0 Å². The van der Waals surface area contributed by atoms with Crippen molar-refractivity contribution >= 4 is 11.7 Å². The first-order chi connectivity index (χ1) is 9.71. The fourth-order valence-electron chi connectivity index (χ4n) is 2.85. The van der Waals surface area contributed by atoms with Crippen LogP contribution >= 0.6 is 0 Å². The van der Waals surface area contributed by atoms with Crippen molar-refractivity contribution in [3.8, 4) is 0 Å². The van der Waals surface area contributed by atoms with Crippen molar-refractivity contribution in [1.82, 2.24) is 9.47 Å². The average molecular weight is 290 g/mol. The van der Waals surface area contributed by atoms with Crippen LogP contribution < -0.4 is 0 Å². The van der Waals surface area contributed by atoms with Gasteiger partial charge in [-0.1, -0.05) is 13.8 Å². The van der Waals surface area contributed by atoms with Crippen LogP contribution in [0.5, 0.6) is 0 Å². The first kappa shape index (κ1) is 15.8. The molecule has 1 aromatic heterocycles. The van der Waals surface area contributed by atoms with E-state index in [1.54, 1.807) is 4.90 Å². The average Bonchev–Trinajstić information content (AvgIpc) is 2.60. The van der Waals surface area contributed by atoms with Crippen LogP contribution in [0.3, 0.4) is 0 Å². The summed E-state index contributed by atoms with van der Waals surface area (Å²) >= 11 is 0. The molecule has 1 fully saturated rings. The highest BCUT2D eigenvalue weighted by Gasteiger charge is 2.29. The van der Waals surface area contributed by atoms with Gasteiger partial charge in [0.15, 0.2) is 5.78 Å². The van der Waals surface area contributed by atoms with E-state index in [2.05, 4.69) is 13.8 Å². The molecule has 0 spiro atoms. The Kier molecular flexibility index (Phi) is 4.26. The Hall–Kier alpha value is -1.58. The highest BCUT2D eigenvalue weighted by molar-refractivity contribution is 6.00. The predicted octanol–water partition coefficient (Wildman–Crippen LogP) is 2.86. The van der Waals surface area contributed by atoms with Gasteiger partial charge in [-0.05, 0) is 38.2 Å². The number of aryl methyl sites for hydroxylation is 1. The van der Waals surface area contributed by atoms with Gasteiger partial charge in [0.05, 0.1) is 6.54 Å². The van der Waals surface area contributed by atoms with Gasteiger partial charge in [-0.25, -0.2) is 0 Å². The molecule has 21 heavy (non-hydrogen) atoms. The zero-order chi connectivity index (χ0) is 15.8. The smallest absolute Gasteiger partial charge is 0.222 e. The summed E-state index contributed by atoms with van der Waals surface area (Å²) in [5, 5.41) is 0. The molecule has 1 amide bonds. The standard InChI is InChI=1S/C17H26N2O2/c1-12-10-14(13(2)18(12)5)15(20)11-19-9-8-17(3,4)7-6-16(19)21/h10H,6-9,11H2,1-5H3. The summed E-state index contributed by atoms with van der Waals surface area (Å²) in [5.74, 6) is 0.156. The molecule has 1 aromatic rings. The van der Waals surface area contributed by atoms with E-state index in [0.717, 1.165) is 29.8 Å². The van der Waals surface area contributed by atoms with Gasteiger partial charge >= 0.3 is 0 Å². The van der Waals surface area contributed by atoms with Crippen molar-refractivity contribution in [3.63, 3.8) is 0 Å². The van der Waals surface area contributed by atoms with Crippen molar-refractivity contribution in [2.24, 2.45) is 12.5 Å². The number of nitrogens with zero attached hydrogens (tertiary/aromatic N) is 2. The third-order valence-electron chi connectivity index (χ3n) is 4.84. The van der Waals surface area contributed by atoms with Crippen LogP contribution in [0.2, 0.25) is 0 Å². The minimum atomic E-state index is 0.0456. The van der Waals surface area contributed by atoms with Crippen molar-refractivity contribution < 1.29 is 9.59 Å². The lowest BCUT2D eigenvalue weighted by Gasteiger charge is -2.23. The maximum Gasteiger partial charge on any atom is 0.222 e. The van der Waals surface area contributed by atoms with Crippen LogP contribution in [0.15, 0.2) is 6.07 Å². The van der Waals surface area contributed by atoms with Crippen molar-refractivity contribution in [2.75, 3.05) is 13.1 Å². The van der Waals surface area contributed by atoms with E-state index in [0.29, 0.717) is 13.0 Å². The van der Waals surface area contributed by atoms with Crippen molar-refractivity contribution in [3.05, 3.63) is 23.0 Å². The largest absolute Gasteiger partial charge is 0.351 e. The van der Waals surface area contributed by atoms with Crippen LogP contribution in [0, 0.1) is 19.3 Å². The van der Waals surface area contributed by atoms with E-state index in [9.17, 15) is 9.59 Å². The number of rotatable bonds is 3. The third-order valence-corrected chi connectivity index (χ3v) is 4.84. The predicted molar refractivity (Wildman–Crippen MR) is 83.4 cm³/mol. The van der Waals surface area contributed by atoms with E-state index < -0.39 is 0 Å². The molecule has 4 heteroatoms. The molecule has 0 aliphatic carbocycles. The molecule has 2 rings (SSSR count). The molecule has 1 saturated heterocycles. The minimum absolute atomic E-state index is 0.0456. The molecule has 2 heterocycles. The fourth-order valence-corrected chi connectivity index (χ4v) is 2.85. The van der Waals surface area contributed by atoms with E-state index in [-0.39, 0.29) is 23.7 Å². The molecule has 4 nitrogen and oxygen atoms in total. The lowest BCUT2D eigenvalue weighted by molar-refractivity contribution is -0.130. The first-order valence-corrected chi connectivity index (χ1v) is 7.65. The van der Waals surface area contributed by atoms with Crippen LogP contribution in [-0.4, -0.2) is 34.2 Å². The zero-order valence-electron chi connectivity index (χ0n) is 13.8. The summed E-state index contributed by atoms with van der Waals surface area (Å²) < 4.78 is 2.01. The first-order valence-electron chi connectivity index (χ1n) is 7.65. The van der Waals surface area contributed by atoms with Crippen LogP contribution in [0.4, 0.5) is 0 Å². The third kappa shape index (κ3) is 3.36. The van der Waals surface area contributed by atoms with Gasteiger partial charge in [-0.3, -0.25) is 9.59 Å². The Bertz CT molecular complexity index is 570. The number of aromatic nitrogens is 1. The van der Waals surface area contributed by atoms with E-state index in [1.165, 1.54) is 0 Å². The topological polar surface area (TPSA) is 42.3 Å². The Balaban J connectivity index is 2.11. The Morgan fingerprint density at radius 1 is 1.29 bits per heavy atom. The van der Waals surface area contributed by atoms with Gasteiger partial charge in [-0.15, -0.1) is 0 Å². The number of hydrogen-bond donors (Lipinski definition) is 0. The Labute approximate surface area is 127 Å². The molecule has 0 unspecified atom stereocenters. The quantitative estimate of drug-likeness (QED) is 0.803. The van der Waals surface area contributed by atoms with Crippen LogP contribution in [-0.2, 0) is 11.8 Å². The molecular weight excluding hydrogens is 264 g/mol. The molecule has 0 N–H and O–H groups in total. The molecule has 0 radical (unpaired) electrons. The van der Waals surface area contributed by atoms with Gasteiger partial charge in [0.2, 0.25) is 5.91 Å². The zero-order valence-corrected chi connectivity index (χ0v) is 13.8. The molecule has 116 valence electrons. The molecule has 0 atom stereocenters. The van der Waals surface area contributed by atoms with Gasteiger partial charge in [-0.2, -0.15) is 0 Å². The molecule has 1 aliphatic rings. The summed E-state index contributed by atoms with van der Waals surface area (Å²) in [7, 11) is 1.96. The summed E-state index contributed by atoms with van der Waals surface area (Å²) in [6.07, 6.45) is 2.41. The van der Waals surface area contributed by atoms with Crippen LogP contribution in [0.25, 0.3) is 0 Å². The number of ketones is 1. The number of carbonyl (C=O) groups is 2. The second-order valence-electron chi connectivity index (χ2n) is 7.00. The number of Topliss-reactive ketones (excluding diaryl/α,β-unsaturated/α-hetero) is 1. The SMILES string of the molecule is Cc1cc(C(=O)CN2CCC(C)(C)CCC2=O)c(C)n1C. The van der Waals surface area contributed by atoms with Gasteiger partial charge < -0.3 is 9.47 Å². The molecule has 0 aromatic carbocycles. The van der Waals surface area contributed by atoms with E-state index >= 15 is 0 Å². The van der Waals surface area contributed by atoms with Gasteiger partial charge in [0.25, 0.3) is 0 Å². The summed E-state index contributed by atoms with van der Waals surface area (Å²) in [4.78, 5) is 26.4. The van der Waals surface area contributed by atoms with Crippen molar-refractivity contribution in [1.29, 1.82) is 0 Å². The van der Waals surface area contributed by atoms with Gasteiger partial charge in [0, 0.05) is 37.0 Å². The van der Waals surface area contributed by atoms with Crippen molar-refractivity contribution in [2.45, 2.75) is 47.0 Å². The normalized spacial score (nSPS) is 18.7. The molecule has 0 saturated carbocycles. The lowest BCUT2D eigenvalue weighted by Crippen LogP contribution is -2.35. The minimum Gasteiger partial charge on any atom is -0.351 e. The maximum absolute atomic E-state index is 12.5. The highest BCUT2D eigenvalue weighted by atomic mass is 16.2. The monoisotopic (exact) mass is 290 g/mol. The summed E-state index contributed by atoms with van der Waals surface area (Å²) in [5.41, 5.74) is 2.97. The molecule has 0 bridgehead atoms. The number of amides is 1. The Morgan fingerprint density at radius 2 is 1.95 bits per heavy atom. The summed E-state index contributed by atoms with van der Waals surface area (Å²) in [6, 6.07) is 1.92. The fraction of sp³-hybridized carbons (Fsp3) is 0.647. The number of likely N-dealkylation sites (tertiary alicyclic amines) is 1.